The second-order valence-corrected chi connectivity index (χ2v) is 3.23. The van der Waals surface area contributed by atoms with E-state index in [0.717, 1.165) is 0 Å². The summed E-state index contributed by atoms with van der Waals surface area (Å²) < 4.78 is 17.7. The average molecular weight is 306 g/mol. The normalized spacial score (nSPS) is 8.76. The van der Waals surface area contributed by atoms with E-state index in [-0.39, 0.29) is 32.8 Å². The maximum Gasteiger partial charge on any atom is 0.417 e. The molecule has 0 bridgehead atoms. The number of ether oxygens (including phenoxy) is 4. The molecule has 0 saturated carbocycles. The van der Waals surface area contributed by atoms with Gasteiger partial charge in [0.25, 0.3) is 0 Å². The fourth-order valence-corrected chi connectivity index (χ4v) is 0.922. The molecule has 0 aliphatic carbocycles. The third kappa shape index (κ3) is 14.1. The van der Waals surface area contributed by atoms with Crippen molar-refractivity contribution in [3.05, 3.63) is 0 Å². The molecule has 21 heavy (non-hydrogen) atoms. The first-order valence-corrected chi connectivity index (χ1v) is 6.57. The Labute approximate surface area is 123 Å². The van der Waals surface area contributed by atoms with Gasteiger partial charge >= 0.3 is 23.9 Å². The van der Waals surface area contributed by atoms with Crippen LogP contribution in [0.1, 0.15) is 34.1 Å². The molecule has 8 heteroatoms. The van der Waals surface area contributed by atoms with E-state index in [9.17, 15) is 19.2 Å². The van der Waals surface area contributed by atoms with Crippen molar-refractivity contribution in [1.29, 1.82) is 0 Å². The number of rotatable bonds is 6. The quantitative estimate of drug-likeness (QED) is 0.304. The molecule has 0 fully saturated rings. The molecule has 8 nitrogen and oxygen atoms in total. The molecule has 0 aliphatic heterocycles. The van der Waals surface area contributed by atoms with Crippen LogP contribution < -0.4 is 0 Å². The van der Waals surface area contributed by atoms with E-state index in [2.05, 4.69) is 18.9 Å². The third-order valence-electron chi connectivity index (χ3n) is 1.62. The zero-order chi connectivity index (χ0) is 16.7. The molecular formula is C13H22O8. The predicted octanol–water partition coefficient (Wildman–Crippen LogP) is 0.615. The van der Waals surface area contributed by atoms with Gasteiger partial charge in [0.2, 0.25) is 0 Å². The SMILES string of the molecule is CCOC(=O)C(=O)OCC.CCOC(=O)CC(=O)OCC. The van der Waals surface area contributed by atoms with Crippen LogP contribution >= 0.6 is 0 Å². The Kier molecular flexibility index (Phi) is 14.4. The molecule has 0 radical (unpaired) electrons. The van der Waals surface area contributed by atoms with Crippen molar-refractivity contribution in [3.63, 3.8) is 0 Å². The van der Waals surface area contributed by atoms with Crippen LogP contribution in [0.5, 0.6) is 0 Å². The van der Waals surface area contributed by atoms with Gasteiger partial charge in [-0.05, 0) is 27.7 Å². The molecule has 0 spiro atoms. The minimum Gasteiger partial charge on any atom is -0.466 e. The van der Waals surface area contributed by atoms with Crippen LogP contribution in [0.3, 0.4) is 0 Å². The maximum absolute atomic E-state index is 10.6. The highest BCUT2D eigenvalue weighted by molar-refractivity contribution is 6.29. The van der Waals surface area contributed by atoms with E-state index in [1.807, 2.05) is 0 Å². The Morgan fingerprint density at radius 2 is 0.857 bits per heavy atom. The van der Waals surface area contributed by atoms with Gasteiger partial charge in [-0.3, -0.25) is 9.59 Å². The summed E-state index contributed by atoms with van der Waals surface area (Å²) in [6.07, 6.45) is -0.290. The van der Waals surface area contributed by atoms with Gasteiger partial charge in [0.05, 0.1) is 26.4 Å². The summed E-state index contributed by atoms with van der Waals surface area (Å²) in [4.78, 5) is 42.1. The molecule has 0 aromatic heterocycles. The zero-order valence-electron chi connectivity index (χ0n) is 12.8. The van der Waals surface area contributed by atoms with E-state index in [0.29, 0.717) is 0 Å². The lowest BCUT2D eigenvalue weighted by Gasteiger charge is -2.00. The van der Waals surface area contributed by atoms with Crippen LogP contribution in [0.2, 0.25) is 0 Å². The minimum atomic E-state index is -0.927. The van der Waals surface area contributed by atoms with E-state index in [1.54, 1.807) is 27.7 Å². The van der Waals surface area contributed by atoms with Crippen LogP contribution in [0.4, 0.5) is 0 Å². The van der Waals surface area contributed by atoms with Gasteiger partial charge in [-0.2, -0.15) is 0 Å². The Morgan fingerprint density at radius 3 is 1.10 bits per heavy atom. The van der Waals surface area contributed by atoms with Crippen molar-refractivity contribution in [2.75, 3.05) is 26.4 Å². The van der Waals surface area contributed by atoms with Crippen molar-refractivity contribution >= 4 is 23.9 Å². The zero-order valence-corrected chi connectivity index (χ0v) is 12.8. The number of carbonyl (C=O) groups is 4. The molecule has 0 unspecified atom stereocenters. The lowest BCUT2D eigenvalue weighted by Crippen LogP contribution is -2.19. The number of hydrogen-bond donors (Lipinski definition) is 0. The fourth-order valence-electron chi connectivity index (χ4n) is 0.922. The van der Waals surface area contributed by atoms with Gasteiger partial charge < -0.3 is 18.9 Å². The molecule has 0 N–H and O–H groups in total. The first-order chi connectivity index (χ1) is 9.92. The van der Waals surface area contributed by atoms with Gasteiger partial charge in [-0.15, -0.1) is 0 Å². The predicted molar refractivity (Wildman–Crippen MR) is 71.1 cm³/mol. The fraction of sp³-hybridized carbons (Fsp3) is 0.692. The Balaban J connectivity index is 0. The molecule has 0 heterocycles. The molecule has 122 valence electrons. The lowest BCUT2D eigenvalue weighted by molar-refractivity contribution is -0.167. The molecule has 0 saturated heterocycles. The van der Waals surface area contributed by atoms with Crippen LogP contribution in [0.15, 0.2) is 0 Å². The summed E-state index contributed by atoms with van der Waals surface area (Å²) in [6.45, 7) is 7.58. The summed E-state index contributed by atoms with van der Waals surface area (Å²) >= 11 is 0. The third-order valence-corrected chi connectivity index (χ3v) is 1.62. The van der Waals surface area contributed by atoms with Gasteiger partial charge in [0.1, 0.15) is 6.42 Å². The van der Waals surface area contributed by atoms with Gasteiger partial charge in [-0.1, -0.05) is 0 Å². The first kappa shape index (κ1) is 21.2. The summed E-state index contributed by atoms with van der Waals surface area (Å²) in [5.41, 5.74) is 0. The van der Waals surface area contributed by atoms with Crippen LogP contribution in [0, 0.1) is 0 Å². The van der Waals surface area contributed by atoms with Crippen molar-refractivity contribution in [2.45, 2.75) is 34.1 Å². The van der Waals surface area contributed by atoms with Crippen LogP contribution in [0.25, 0.3) is 0 Å². The van der Waals surface area contributed by atoms with E-state index in [1.165, 1.54) is 0 Å². The summed E-state index contributed by atoms with van der Waals surface area (Å²) in [5.74, 6) is -2.93. The molecule has 0 aromatic carbocycles. The summed E-state index contributed by atoms with van der Waals surface area (Å²) in [7, 11) is 0. The number of carbonyl (C=O) groups excluding carboxylic acids is 4. The molecule has 0 amide bonds. The monoisotopic (exact) mass is 306 g/mol. The van der Waals surface area contributed by atoms with Crippen molar-refractivity contribution < 1.29 is 38.1 Å². The van der Waals surface area contributed by atoms with Crippen LogP contribution in [-0.2, 0) is 38.1 Å². The van der Waals surface area contributed by atoms with E-state index >= 15 is 0 Å². The minimum absolute atomic E-state index is 0.192. The topological polar surface area (TPSA) is 105 Å². The summed E-state index contributed by atoms with van der Waals surface area (Å²) in [5, 5.41) is 0. The van der Waals surface area contributed by atoms with Gasteiger partial charge in [-0.25, -0.2) is 9.59 Å². The second-order valence-electron chi connectivity index (χ2n) is 3.23. The highest BCUT2D eigenvalue weighted by Gasteiger charge is 2.14. The lowest BCUT2D eigenvalue weighted by atomic mass is 10.4. The van der Waals surface area contributed by atoms with E-state index < -0.39 is 23.9 Å². The molecular weight excluding hydrogens is 284 g/mol. The highest BCUT2D eigenvalue weighted by atomic mass is 16.6. The van der Waals surface area contributed by atoms with Crippen molar-refractivity contribution in [2.24, 2.45) is 0 Å². The second kappa shape index (κ2) is 14.3. The van der Waals surface area contributed by atoms with Crippen molar-refractivity contribution in [1.82, 2.24) is 0 Å². The Hall–Kier alpha value is -2.12. The van der Waals surface area contributed by atoms with Crippen LogP contribution in [-0.4, -0.2) is 50.3 Å². The molecule has 0 aromatic rings. The Bertz CT molecular complexity index is 305. The van der Waals surface area contributed by atoms with E-state index in [4.69, 9.17) is 0 Å². The summed E-state index contributed by atoms with van der Waals surface area (Å²) in [6, 6.07) is 0. The maximum atomic E-state index is 10.6. The van der Waals surface area contributed by atoms with Gasteiger partial charge in [0.15, 0.2) is 0 Å². The molecule has 0 atom stereocenters. The molecule has 0 aliphatic rings. The average Bonchev–Trinajstić information content (AvgIpc) is 2.40. The highest BCUT2D eigenvalue weighted by Crippen LogP contribution is 1.89. The van der Waals surface area contributed by atoms with Crippen molar-refractivity contribution in [3.8, 4) is 0 Å². The number of esters is 4. The smallest absolute Gasteiger partial charge is 0.417 e. The largest absolute Gasteiger partial charge is 0.466 e. The molecule has 0 rings (SSSR count). The first-order valence-electron chi connectivity index (χ1n) is 6.57. The van der Waals surface area contributed by atoms with Gasteiger partial charge in [0, 0.05) is 0 Å². The number of hydrogen-bond acceptors (Lipinski definition) is 8. The standard InChI is InChI=1S/C7H12O4.C6H10O4/c1-3-10-6(8)5-7(9)11-4-2;1-3-9-5(7)6(8)10-4-2/h3-5H2,1-2H3;3-4H2,1-2H3. The Morgan fingerprint density at radius 1 is 0.571 bits per heavy atom.